The number of nitrogens with two attached hydrogens (primary N) is 1. The van der Waals surface area contributed by atoms with Crippen molar-refractivity contribution in [1.82, 2.24) is 0 Å². The zero-order chi connectivity index (χ0) is 16.7. The van der Waals surface area contributed by atoms with E-state index < -0.39 is 17.7 Å². The highest BCUT2D eigenvalue weighted by Gasteiger charge is 2.14. The topological polar surface area (TPSA) is 38.4 Å². The number of anilines is 1. The molecule has 2 rings (SSSR count). The average Bonchev–Trinajstić information content (AvgIpc) is 2.55. The number of nitrogen functional groups attached to an aromatic ring is 1. The van der Waals surface area contributed by atoms with E-state index in [-0.39, 0.29) is 5.56 Å². The molecule has 6 heteroatoms. The van der Waals surface area contributed by atoms with Gasteiger partial charge in [-0.15, -0.1) is 0 Å². The fourth-order valence-electron chi connectivity index (χ4n) is 1.98. The smallest absolute Gasteiger partial charge is 0.128 e. The average molecular weight is 442 g/mol. The van der Waals surface area contributed by atoms with Gasteiger partial charge < -0.3 is 5.73 Å². The third-order valence-electron chi connectivity index (χ3n) is 3.11. The van der Waals surface area contributed by atoms with Crippen molar-refractivity contribution < 1.29 is 8.78 Å². The Balaban J connectivity index is 2.34. The third kappa shape index (κ3) is 5.22. The highest BCUT2D eigenvalue weighted by molar-refractivity contribution is 14.2. The molecule has 118 valence electrons. The predicted octanol–water partition coefficient (Wildman–Crippen LogP) is 5.14. The molecule has 0 aliphatic heterocycles. The van der Waals surface area contributed by atoms with Crippen LogP contribution in [0.2, 0.25) is 0 Å². The van der Waals surface area contributed by atoms with Crippen LogP contribution in [0.4, 0.5) is 14.5 Å². The molecule has 0 saturated carbocycles. The minimum Gasteiger partial charge on any atom is -0.398 e. The van der Waals surface area contributed by atoms with Crippen LogP contribution >= 0.6 is 30.1 Å². The summed E-state index contributed by atoms with van der Waals surface area (Å²) in [6, 6.07) is 9.97. The first kappa shape index (κ1) is 17.8. The second-order valence-corrected chi connectivity index (χ2v) is 6.33. The first-order chi connectivity index (χ1) is 11.1. The second kappa shape index (κ2) is 8.89. The van der Waals surface area contributed by atoms with Crippen molar-refractivity contribution >= 4 is 42.0 Å². The van der Waals surface area contributed by atoms with Gasteiger partial charge in [0, 0.05) is 50.7 Å². The van der Waals surface area contributed by atoms with Crippen LogP contribution in [0.25, 0.3) is 0 Å². The molecule has 2 N–H and O–H groups in total. The third-order valence-corrected chi connectivity index (χ3v) is 3.99. The molecule has 0 bridgehead atoms. The van der Waals surface area contributed by atoms with Crippen LogP contribution in [0.3, 0.4) is 0 Å². The fraction of sp³-hybridized carbons (Fsp3) is 0.118. The minimum absolute atomic E-state index is 0.184. The molecule has 0 aliphatic rings. The predicted molar refractivity (Wildman–Crippen MR) is 102 cm³/mol. The lowest BCUT2D eigenvalue weighted by atomic mass is 10.0. The van der Waals surface area contributed by atoms with Crippen molar-refractivity contribution in [2.45, 2.75) is 12.5 Å². The van der Waals surface area contributed by atoms with Crippen LogP contribution in [0.5, 0.6) is 0 Å². The summed E-state index contributed by atoms with van der Waals surface area (Å²) in [6.07, 6.45) is 1.86. The van der Waals surface area contributed by atoms with Gasteiger partial charge in [-0.1, -0.05) is 24.1 Å². The Morgan fingerprint density at radius 1 is 1.26 bits per heavy atom. The summed E-state index contributed by atoms with van der Waals surface area (Å²) in [7, 11) is 1.33. The van der Waals surface area contributed by atoms with Gasteiger partial charge in [0.15, 0.2) is 0 Å². The zero-order valence-electron chi connectivity index (χ0n) is 12.0. The molecule has 1 atom stereocenters. The van der Waals surface area contributed by atoms with Gasteiger partial charge in [0.25, 0.3) is 0 Å². The SMILES string of the molecule is Nc1ccccc1C=NC(CC#CSI)c1cc(F)ccc1F. The van der Waals surface area contributed by atoms with E-state index in [2.05, 4.69) is 16.2 Å². The molecule has 2 aromatic carbocycles. The molecule has 0 spiro atoms. The van der Waals surface area contributed by atoms with Crippen LogP contribution in [-0.2, 0) is 0 Å². The Labute approximate surface area is 150 Å². The quantitative estimate of drug-likeness (QED) is 0.308. The molecule has 0 heterocycles. The van der Waals surface area contributed by atoms with E-state index in [0.29, 0.717) is 12.1 Å². The molecule has 2 nitrogen and oxygen atoms in total. The van der Waals surface area contributed by atoms with Gasteiger partial charge >= 0.3 is 0 Å². The molecule has 2 aromatic rings. The Bertz CT molecular complexity index is 769. The van der Waals surface area contributed by atoms with Crippen molar-refractivity contribution in [2.75, 3.05) is 5.73 Å². The maximum atomic E-state index is 14.0. The van der Waals surface area contributed by atoms with Crippen LogP contribution < -0.4 is 5.73 Å². The molecule has 23 heavy (non-hydrogen) atoms. The van der Waals surface area contributed by atoms with Gasteiger partial charge in [0.05, 0.1) is 6.04 Å². The Morgan fingerprint density at radius 3 is 2.78 bits per heavy atom. The van der Waals surface area contributed by atoms with Gasteiger partial charge in [-0.25, -0.2) is 8.78 Å². The van der Waals surface area contributed by atoms with E-state index in [1.807, 2.05) is 39.4 Å². The lowest BCUT2D eigenvalue weighted by molar-refractivity contribution is 0.566. The van der Waals surface area contributed by atoms with Gasteiger partial charge in [0.2, 0.25) is 0 Å². The van der Waals surface area contributed by atoms with Gasteiger partial charge in [-0.2, -0.15) is 0 Å². The summed E-state index contributed by atoms with van der Waals surface area (Å²) in [6.45, 7) is 0. The first-order valence-electron chi connectivity index (χ1n) is 6.70. The number of rotatable bonds is 4. The number of halogens is 3. The molecule has 0 fully saturated rings. The van der Waals surface area contributed by atoms with Gasteiger partial charge in [-0.05, 0) is 38.5 Å². The van der Waals surface area contributed by atoms with Crippen molar-refractivity contribution in [2.24, 2.45) is 4.99 Å². The minimum atomic E-state index is -0.596. The molecular formula is C17H13F2IN2S. The van der Waals surface area contributed by atoms with Gasteiger partial charge in [-0.3, -0.25) is 4.99 Å². The van der Waals surface area contributed by atoms with Crippen LogP contribution in [0.1, 0.15) is 23.6 Å². The highest BCUT2D eigenvalue weighted by Crippen LogP contribution is 2.25. The van der Waals surface area contributed by atoms with Crippen LogP contribution in [0.15, 0.2) is 47.5 Å². The van der Waals surface area contributed by atoms with E-state index in [9.17, 15) is 8.78 Å². The van der Waals surface area contributed by atoms with E-state index in [4.69, 9.17) is 5.73 Å². The number of aliphatic imine (C=N–C) groups is 1. The van der Waals surface area contributed by atoms with E-state index in [1.54, 1.807) is 12.3 Å². The van der Waals surface area contributed by atoms with Crippen molar-refractivity contribution in [3.05, 3.63) is 65.2 Å². The maximum absolute atomic E-state index is 14.0. The maximum Gasteiger partial charge on any atom is 0.128 e. The molecule has 0 saturated heterocycles. The normalized spacial score (nSPS) is 12.0. The lowest BCUT2D eigenvalue weighted by Crippen LogP contribution is -2.01. The Hall–Kier alpha value is -1.59. The highest BCUT2D eigenvalue weighted by atomic mass is 127. The van der Waals surface area contributed by atoms with Crippen molar-refractivity contribution in [1.29, 1.82) is 0 Å². The summed E-state index contributed by atoms with van der Waals surface area (Å²) in [4.78, 5) is 4.37. The number of para-hydroxylation sites is 1. The lowest BCUT2D eigenvalue weighted by Gasteiger charge is -2.11. The van der Waals surface area contributed by atoms with E-state index in [1.165, 1.54) is 8.93 Å². The Kier molecular flexibility index (Phi) is 6.86. The number of hydrogen-bond acceptors (Lipinski definition) is 3. The molecule has 1 unspecified atom stereocenters. The molecular weight excluding hydrogens is 429 g/mol. The summed E-state index contributed by atoms with van der Waals surface area (Å²) in [5.74, 6) is 1.90. The van der Waals surface area contributed by atoms with Crippen molar-refractivity contribution in [3.8, 4) is 11.2 Å². The second-order valence-electron chi connectivity index (χ2n) is 4.65. The summed E-state index contributed by atoms with van der Waals surface area (Å²) in [5, 5.41) is 2.83. The van der Waals surface area contributed by atoms with E-state index >= 15 is 0 Å². The van der Waals surface area contributed by atoms with Crippen LogP contribution in [-0.4, -0.2) is 6.21 Å². The zero-order valence-corrected chi connectivity index (χ0v) is 14.9. The molecule has 0 aromatic heterocycles. The van der Waals surface area contributed by atoms with Crippen molar-refractivity contribution in [3.63, 3.8) is 0 Å². The standard InChI is InChI=1S/C17H13F2IN2S/c18-13-7-8-15(19)14(10-13)17(6-3-9-23-20)22-11-12-4-1-2-5-16(12)21/h1-2,4-5,7-8,10-11,17H,6,21H2. The van der Waals surface area contributed by atoms with Gasteiger partial charge in [0.1, 0.15) is 11.6 Å². The molecule has 0 amide bonds. The Morgan fingerprint density at radius 2 is 2.04 bits per heavy atom. The largest absolute Gasteiger partial charge is 0.398 e. The summed E-state index contributed by atoms with van der Waals surface area (Å²) in [5.41, 5.74) is 7.35. The number of nitrogens with zero attached hydrogens (tertiary/aromatic N) is 1. The van der Waals surface area contributed by atoms with E-state index in [0.717, 1.165) is 23.8 Å². The fourth-order valence-corrected chi connectivity index (χ4v) is 2.58. The molecule has 0 radical (unpaired) electrons. The number of hydrogen-bond donors (Lipinski definition) is 1. The summed E-state index contributed by atoms with van der Waals surface area (Å²) >= 11 is 2.05. The monoisotopic (exact) mass is 442 g/mol. The molecule has 0 aliphatic carbocycles. The van der Waals surface area contributed by atoms with Crippen LogP contribution in [0, 0.1) is 22.8 Å². The summed E-state index contributed by atoms with van der Waals surface area (Å²) < 4.78 is 27.5. The number of benzene rings is 2. The first-order valence-corrected chi connectivity index (χ1v) is 10.1.